The highest BCUT2D eigenvalue weighted by atomic mass is 19.1. The molecule has 3 fully saturated rings. The molecule has 192 valence electrons. The van der Waals surface area contributed by atoms with Crippen molar-refractivity contribution in [2.45, 2.75) is 56.1 Å². The number of aliphatic hydroxyl groups excluding tert-OH is 1. The maximum Gasteiger partial charge on any atom is 0.167 e. The molecule has 1 unspecified atom stereocenters. The second kappa shape index (κ2) is 9.37. The minimum Gasteiger partial charge on any atom is -0.487 e. The molecule has 2 saturated heterocycles. The van der Waals surface area contributed by atoms with Gasteiger partial charge in [0.1, 0.15) is 11.9 Å². The van der Waals surface area contributed by atoms with Crippen molar-refractivity contribution in [2.75, 3.05) is 26.2 Å². The molecular formula is C27H31F2N3O4. The molecule has 3 aromatic rings. The summed E-state index contributed by atoms with van der Waals surface area (Å²) >= 11 is 0. The first kappa shape index (κ1) is 23.8. The molecule has 6 rings (SSSR count). The molecule has 0 radical (unpaired) electrons. The zero-order chi connectivity index (χ0) is 24.9. The van der Waals surface area contributed by atoms with Crippen LogP contribution in [0.4, 0.5) is 8.78 Å². The first-order valence-corrected chi connectivity index (χ1v) is 12.7. The molecule has 1 saturated carbocycles. The molecule has 2 aliphatic heterocycles. The molecular weight excluding hydrogens is 468 g/mol. The molecule has 0 amide bonds. The average molecular weight is 500 g/mol. The van der Waals surface area contributed by atoms with Crippen molar-refractivity contribution in [3.05, 3.63) is 59.8 Å². The molecule has 2 aromatic carbocycles. The molecule has 7 nitrogen and oxygen atoms in total. The van der Waals surface area contributed by atoms with Gasteiger partial charge >= 0.3 is 0 Å². The molecule has 1 aromatic heterocycles. The van der Waals surface area contributed by atoms with Crippen molar-refractivity contribution in [3.63, 3.8) is 0 Å². The van der Waals surface area contributed by atoms with Crippen LogP contribution in [-0.4, -0.2) is 62.8 Å². The second-order valence-electron chi connectivity index (χ2n) is 10.5. The van der Waals surface area contributed by atoms with Gasteiger partial charge in [-0.2, -0.15) is 5.10 Å². The summed E-state index contributed by atoms with van der Waals surface area (Å²) in [6.45, 7) is 2.20. The Kier molecular flexibility index (Phi) is 6.19. The lowest BCUT2D eigenvalue weighted by Gasteiger charge is -2.25. The molecule has 0 spiro atoms. The number of rotatable bonds is 6. The van der Waals surface area contributed by atoms with Crippen LogP contribution in [-0.2, 0) is 4.74 Å². The Morgan fingerprint density at radius 2 is 2.08 bits per heavy atom. The van der Waals surface area contributed by atoms with E-state index >= 15 is 0 Å². The number of hydrogen-bond acceptors (Lipinski definition) is 6. The van der Waals surface area contributed by atoms with Gasteiger partial charge in [0.2, 0.25) is 0 Å². The van der Waals surface area contributed by atoms with E-state index in [2.05, 4.69) is 10.00 Å². The smallest absolute Gasteiger partial charge is 0.167 e. The summed E-state index contributed by atoms with van der Waals surface area (Å²) in [6, 6.07) is 9.14. The van der Waals surface area contributed by atoms with Gasteiger partial charge in [0.25, 0.3) is 0 Å². The number of hydrogen-bond donors (Lipinski definition) is 2. The van der Waals surface area contributed by atoms with E-state index in [0.29, 0.717) is 32.5 Å². The van der Waals surface area contributed by atoms with Gasteiger partial charge < -0.3 is 19.7 Å². The number of ether oxygens (including phenoxy) is 2. The summed E-state index contributed by atoms with van der Waals surface area (Å²) in [5, 5.41) is 27.7. The summed E-state index contributed by atoms with van der Waals surface area (Å²) in [5.74, 6) is -1.42. The van der Waals surface area contributed by atoms with Gasteiger partial charge in [-0.05, 0) is 55.5 Å². The monoisotopic (exact) mass is 499 g/mol. The minimum absolute atomic E-state index is 0.00557. The SMILES string of the molecule is O[C@@H](CN1C[C@@H]2C[C@@H](Oc3ccc(F)cc3F)C[C@]2(O)C1)c1ccc2c(cnn2C2CCCCO2)c1. The van der Waals surface area contributed by atoms with Crippen LogP contribution in [0, 0.1) is 17.6 Å². The van der Waals surface area contributed by atoms with Gasteiger partial charge in [-0.3, -0.25) is 4.90 Å². The van der Waals surface area contributed by atoms with Crippen LogP contribution in [0.1, 0.15) is 50.0 Å². The van der Waals surface area contributed by atoms with Crippen molar-refractivity contribution in [3.8, 4) is 5.75 Å². The van der Waals surface area contributed by atoms with Gasteiger partial charge in [0, 0.05) is 50.0 Å². The first-order valence-electron chi connectivity index (χ1n) is 12.7. The standard InChI is InChI=1S/C27H31F2N3O4/c28-20-5-7-25(22(29)11-20)36-21-10-19-14-31(16-27(19,34)12-21)15-24(33)17-4-6-23-18(9-17)13-30-32(23)26-3-1-2-8-35-26/h4-7,9,11,13,19,21,24,26,33-34H,1-3,8,10,12,14-16H2/t19-,21+,24-,26?,27-/m0/s1. The minimum atomic E-state index is -0.952. The number of β-amino-alcohol motifs (C(OH)–C–C–N with tert-alkyl or cyclic N) is 2. The maximum atomic E-state index is 14.0. The van der Waals surface area contributed by atoms with Crippen LogP contribution in [0.15, 0.2) is 42.6 Å². The first-order chi connectivity index (χ1) is 17.4. The normalized spacial score (nSPS) is 29.5. The predicted molar refractivity (Wildman–Crippen MR) is 128 cm³/mol. The number of benzene rings is 2. The Balaban J connectivity index is 1.07. The van der Waals surface area contributed by atoms with Crippen LogP contribution in [0.25, 0.3) is 10.9 Å². The van der Waals surface area contributed by atoms with Crippen LogP contribution in [0.5, 0.6) is 5.75 Å². The summed E-state index contributed by atoms with van der Waals surface area (Å²) in [6.07, 6.45) is 4.85. The fourth-order valence-corrected chi connectivity index (χ4v) is 6.14. The zero-order valence-corrected chi connectivity index (χ0v) is 20.0. The Labute approximate surface area is 208 Å². The van der Waals surface area contributed by atoms with E-state index in [-0.39, 0.29) is 24.0 Å². The quantitative estimate of drug-likeness (QED) is 0.535. The van der Waals surface area contributed by atoms with Gasteiger partial charge in [-0.1, -0.05) is 6.07 Å². The fraction of sp³-hybridized carbons (Fsp3) is 0.519. The van der Waals surface area contributed by atoms with Crippen LogP contribution < -0.4 is 4.74 Å². The lowest BCUT2D eigenvalue weighted by molar-refractivity contribution is -0.0366. The second-order valence-corrected chi connectivity index (χ2v) is 10.5. The van der Waals surface area contributed by atoms with E-state index in [1.165, 1.54) is 6.07 Å². The topological polar surface area (TPSA) is 80.0 Å². The fourth-order valence-electron chi connectivity index (χ4n) is 6.14. The summed E-state index contributed by atoms with van der Waals surface area (Å²) in [5.41, 5.74) is 0.849. The molecule has 36 heavy (non-hydrogen) atoms. The highest BCUT2D eigenvalue weighted by Crippen LogP contribution is 2.43. The van der Waals surface area contributed by atoms with E-state index < -0.39 is 23.3 Å². The van der Waals surface area contributed by atoms with E-state index in [0.717, 1.165) is 54.5 Å². The molecule has 3 aliphatic rings. The van der Waals surface area contributed by atoms with Gasteiger partial charge in [-0.15, -0.1) is 0 Å². The van der Waals surface area contributed by atoms with Crippen molar-refractivity contribution in [1.82, 2.24) is 14.7 Å². The lowest BCUT2D eigenvalue weighted by Crippen LogP contribution is -2.36. The summed E-state index contributed by atoms with van der Waals surface area (Å²) in [7, 11) is 0. The molecule has 1 aliphatic carbocycles. The van der Waals surface area contributed by atoms with E-state index in [4.69, 9.17) is 9.47 Å². The molecule has 5 atom stereocenters. The van der Waals surface area contributed by atoms with Gasteiger partial charge in [-0.25, -0.2) is 13.5 Å². The van der Waals surface area contributed by atoms with E-state index in [9.17, 15) is 19.0 Å². The third-order valence-electron chi connectivity index (χ3n) is 7.92. The third-order valence-corrected chi connectivity index (χ3v) is 7.92. The average Bonchev–Trinajstić information content (AvgIpc) is 3.50. The largest absolute Gasteiger partial charge is 0.487 e. The number of nitrogens with zero attached hydrogens (tertiary/aromatic N) is 3. The van der Waals surface area contributed by atoms with Crippen LogP contribution >= 0.6 is 0 Å². The van der Waals surface area contributed by atoms with Crippen molar-refractivity contribution < 1.29 is 28.5 Å². The van der Waals surface area contributed by atoms with Crippen LogP contribution in [0.2, 0.25) is 0 Å². The number of aromatic nitrogens is 2. The number of halogens is 2. The highest BCUT2D eigenvalue weighted by molar-refractivity contribution is 5.79. The third kappa shape index (κ3) is 4.49. The summed E-state index contributed by atoms with van der Waals surface area (Å²) in [4.78, 5) is 2.08. The maximum absolute atomic E-state index is 14.0. The Hall–Kier alpha value is -2.59. The van der Waals surface area contributed by atoms with Crippen molar-refractivity contribution >= 4 is 10.9 Å². The lowest BCUT2D eigenvalue weighted by atomic mass is 9.95. The molecule has 9 heteroatoms. The number of likely N-dealkylation sites (tertiary alicyclic amines) is 1. The van der Waals surface area contributed by atoms with Crippen molar-refractivity contribution in [2.24, 2.45) is 5.92 Å². The zero-order valence-electron chi connectivity index (χ0n) is 20.0. The number of aliphatic hydroxyl groups is 2. The molecule has 2 N–H and O–H groups in total. The van der Waals surface area contributed by atoms with Crippen molar-refractivity contribution in [1.29, 1.82) is 0 Å². The molecule has 0 bridgehead atoms. The Bertz CT molecular complexity index is 1250. The van der Waals surface area contributed by atoms with E-state index in [1.54, 1.807) is 0 Å². The van der Waals surface area contributed by atoms with E-state index in [1.807, 2.05) is 29.1 Å². The predicted octanol–water partition coefficient (Wildman–Crippen LogP) is 3.95. The highest BCUT2D eigenvalue weighted by Gasteiger charge is 2.53. The number of fused-ring (bicyclic) bond motifs is 2. The Morgan fingerprint density at radius 3 is 2.86 bits per heavy atom. The van der Waals surface area contributed by atoms with Crippen LogP contribution in [0.3, 0.4) is 0 Å². The van der Waals surface area contributed by atoms with Gasteiger partial charge in [0.05, 0.1) is 23.4 Å². The summed E-state index contributed by atoms with van der Waals surface area (Å²) < 4.78 is 40.7. The Morgan fingerprint density at radius 1 is 1.19 bits per heavy atom. The molecule has 3 heterocycles. The van der Waals surface area contributed by atoms with Gasteiger partial charge in [0.15, 0.2) is 17.8 Å².